The van der Waals surface area contributed by atoms with Gasteiger partial charge < -0.3 is 4.74 Å². The molecule has 0 aromatic heterocycles. The van der Waals surface area contributed by atoms with Gasteiger partial charge in [-0.25, -0.2) is 0 Å². The molecule has 2 aliphatic rings. The zero-order chi connectivity index (χ0) is 14.8. The summed E-state index contributed by atoms with van der Waals surface area (Å²) < 4.78 is 5.50. The van der Waals surface area contributed by atoms with Gasteiger partial charge in [0.1, 0.15) is 0 Å². The van der Waals surface area contributed by atoms with E-state index in [2.05, 4.69) is 44.4 Å². The Morgan fingerprint density at radius 3 is 2.20 bits per heavy atom. The lowest BCUT2D eigenvalue weighted by Gasteiger charge is -2.46. The molecule has 0 bridgehead atoms. The summed E-state index contributed by atoms with van der Waals surface area (Å²) in [5.41, 5.74) is 0.636. The Labute approximate surface area is 125 Å². The van der Waals surface area contributed by atoms with E-state index in [0.29, 0.717) is 11.1 Å². The fourth-order valence-electron chi connectivity index (χ4n) is 3.85. The molecule has 0 amide bonds. The molecule has 20 heavy (non-hydrogen) atoms. The molecule has 2 aliphatic heterocycles. The molecule has 3 heteroatoms. The standard InChI is InChI=1S/C17H34N2O/c1-16(2,3)19-8-6-7-15(14-19)13-17(4,5)18-9-11-20-12-10-18/h15H,6-14H2,1-5H3. The first-order valence-corrected chi connectivity index (χ1v) is 8.37. The monoisotopic (exact) mass is 282 g/mol. The third kappa shape index (κ3) is 4.19. The van der Waals surface area contributed by atoms with Crippen molar-refractivity contribution in [3.8, 4) is 0 Å². The van der Waals surface area contributed by atoms with Crippen LogP contribution in [0.25, 0.3) is 0 Å². The maximum absolute atomic E-state index is 5.50. The lowest BCUT2D eigenvalue weighted by Crippen LogP contribution is -2.53. The molecule has 0 radical (unpaired) electrons. The Hall–Kier alpha value is -0.120. The third-order valence-corrected chi connectivity index (χ3v) is 5.12. The van der Waals surface area contributed by atoms with Crippen LogP contribution in [0.15, 0.2) is 0 Å². The predicted molar refractivity (Wildman–Crippen MR) is 85.1 cm³/mol. The number of hydrogen-bond acceptors (Lipinski definition) is 3. The summed E-state index contributed by atoms with van der Waals surface area (Å²) in [7, 11) is 0. The molecule has 2 saturated heterocycles. The van der Waals surface area contributed by atoms with Gasteiger partial charge in [0.05, 0.1) is 13.2 Å². The minimum Gasteiger partial charge on any atom is -0.379 e. The van der Waals surface area contributed by atoms with Crippen LogP contribution >= 0.6 is 0 Å². The van der Waals surface area contributed by atoms with E-state index in [9.17, 15) is 0 Å². The first-order valence-electron chi connectivity index (χ1n) is 8.37. The summed E-state index contributed by atoms with van der Waals surface area (Å²) >= 11 is 0. The van der Waals surface area contributed by atoms with Crippen LogP contribution in [0.5, 0.6) is 0 Å². The van der Waals surface area contributed by atoms with E-state index in [1.807, 2.05) is 0 Å². The Balaban J connectivity index is 1.91. The molecule has 0 aromatic carbocycles. The maximum atomic E-state index is 5.50. The maximum Gasteiger partial charge on any atom is 0.0594 e. The van der Waals surface area contributed by atoms with Crippen molar-refractivity contribution in [2.45, 2.75) is 65.0 Å². The molecule has 0 aliphatic carbocycles. The van der Waals surface area contributed by atoms with E-state index < -0.39 is 0 Å². The van der Waals surface area contributed by atoms with Crippen molar-refractivity contribution in [2.75, 3.05) is 39.4 Å². The number of nitrogens with zero attached hydrogens (tertiary/aromatic N) is 2. The van der Waals surface area contributed by atoms with E-state index in [1.54, 1.807) is 0 Å². The normalized spacial score (nSPS) is 27.8. The van der Waals surface area contributed by atoms with Crippen molar-refractivity contribution in [1.29, 1.82) is 0 Å². The zero-order valence-electron chi connectivity index (χ0n) is 14.2. The largest absolute Gasteiger partial charge is 0.379 e. The zero-order valence-corrected chi connectivity index (χ0v) is 14.2. The van der Waals surface area contributed by atoms with E-state index in [4.69, 9.17) is 4.74 Å². The van der Waals surface area contributed by atoms with E-state index in [1.165, 1.54) is 32.4 Å². The van der Waals surface area contributed by atoms with Gasteiger partial charge in [0.25, 0.3) is 0 Å². The smallest absolute Gasteiger partial charge is 0.0594 e. The molecule has 3 nitrogen and oxygen atoms in total. The fourth-order valence-corrected chi connectivity index (χ4v) is 3.85. The molecule has 0 spiro atoms. The minimum absolute atomic E-state index is 0.315. The van der Waals surface area contributed by atoms with Crippen molar-refractivity contribution in [3.05, 3.63) is 0 Å². The molecule has 2 heterocycles. The number of likely N-dealkylation sites (tertiary alicyclic amines) is 1. The molecular formula is C17H34N2O. The van der Waals surface area contributed by atoms with Gasteiger partial charge in [-0.05, 0) is 66.3 Å². The quantitative estimate of drug-likeness (QED) is 0.791. The van der Waals surface area contributed by atoms with Crippen LogP contribution in [-0.4, -0.2) is 60.3 Å². The summed E-state index contributed by atoms with van der Waals surface area (Å²) in [6, 6.07) is 0. The van der Waals surface area contributed by atoms with Crippen molar-refractivity contribution in [1.82, 2.24) is 9.80 Å². The first kappa shape index (κ1) is 16.3. The average molecular weight is 282 g/mol. The van der Waals surface area contributed by atoms with Gasteiger partial charge in [-0.3, -0.25) is 9.80 Å². The van der Waals surface area contributed by atoms with E-state index in [-0.39, 0.29) is 0 Å². The highest BCUT2D eigenvalue weighted by Gasteiger charge is 2.34. The molecule has 1 unspecified atom stereocenters. The van der Waals surface area contributed by atoms with Gasteiger partial charge in [-0.1, -0.05) is 0 Å². The third-order valence-electron chi connectivity index (χ3n) is 5.12. The minimum atomic E-state index is 0.315. The summed E-state index contributed by atoms with van der Waals surface area (Å²) in [4.78, 5) is 5.31. The van der Waals surface area contributed by atoms with Gasteiger partial charge in [-0.2, -0.15) is 0 Å². The Morgan fingerprint density at radius 1 is 0.950 bits per heavy atom. The van der Waals surface area contributed by atoms with Crippen molar-refractivity contribution in [3.63, 3.8) is 0 Å². The molecular weight excluding hydrogens is 248 g/mol. The lowest BCUT2D eigenvalue weighted by atomic mass is 9.83. The number of ether oxygens (including phenoxy) is 1. The molecule has 0 aromatic rings. The Morgan fingerprint density at radius 2 is 1.60 bits per heavy atom. The highest BCUT2D eigenvalue weighted by Crippen LogP contribution is 2.32. The number of hydrogen-bond donors (Lipinski definition) is 0. The highest BCUT2D eigenvalue weighted by atomic mass is 16.5. The predicted octanol–water partition coefficient (Wildman–Crippen LogP) is 3.00. The van der Waals surface area contributed by atoms with Crippen molar-refractivity contribution < 1.29 is 4.74 Å². The van der Waals surface area contributed by atoms with Crippen LogP contribution in [0.2, 0.25) is 0 Å². The second kappa shape index (κ2) is 6.33. The Kier molecular flexibility index (Phi) is 5.14. The first-order chi connectivity index (χ1) is 9.29. The van der Waals surface area contributed by atoms with Crippen LogP contribution in [0.3, 0.4) is 0 Å². The molecule has 0 N–H and O–H groups in total. The summed E-state index contributed by atoms with van der Waals surface area (Å²) in [5.74, 6) is 0.848. The van der Waals surface area contributed by atoms with E-state index >= 15 is 0 Å². The van der Waals surface area contributed by atoms with Gasteiger partial charge >= 0.3 is 0 Å². The number of rotatable bonds is 3. The molecule has 2 fully saturated rings. The van der Waals surface area contributed by atoms with Gasteiger partial charge in [-0.15, -0.1) is 0 Å². The Bertz CT molecular complexity index is 303. The summed E-state index contributed by atoms with van der Waals surface area (Å²) in [6.45, 7) is 18.5. The van der Waals surface area contributed by atoms with Crippen LogP contribution in [0.4, 0.5) is 0 Å². The molecule has 118 valence electrons. The molecule has 1 atom stereocenters. The number of piperidine rings is 1. The number of morpholine rings is 1. The average Bonchev–Trinajstić information content (AvgIpc) is 2.38. The molecule has 2 rings (SSSR count). The lowest BCUT2D eigenvalue weighted by molar-refractivity contribution is -0.0256. The van der Waals surface area contributed by atoms with Crippen LogP contribution < -0.4 is 0 Å². The second-order valence-electron chi connectivity index (χ2n) is 8.24. The van der Waals surface area contributed by atoms with Crippen LogP contribution in [-0.2, 0) is 4.74 Å². The SMILES string of the molecule is CC(C)(C)N1CCCC(CC(C)(C)N2CCOCC2)C1. The second-order valence-corrected chi connectivity index (χ2v) is 8.24. The van der Waals surface area contributed by atoms with Gasteiger partial charge in [0, 0.05) is 30.7 Å². The topological polar surface area (TPSA) is 15.7 Å². The van der Waals surface area contributed by atoms with E-state index in [0.717, 1.165) is 32.2 Å². The summed E-state index contributed by atoms with van der Waals surface area (Å²) in [5, 5.41) is 0. The molecule has 0 saturated carbocycles. The highest BCUT2D eigenvalue weighted by molar-refractivity contribution is 4.89. The fraction of sp³-hybridized carbons (Fsp3) is 1.00. The van der Waals surface area contributed by atoms with Crippen LogP contribution in [0.1, 0.15) is 53.9 Å². The van der Waals surface area contributed by atoms with Crippen molar-refractivity contribution in [2.24, 2.45) is 5.92 Å². The summed E-state index contributed by atoms with van der Waals surface area (Å²) in [6.07, 6.45) is 4.08. The van der Waals surface area contributed by atoms with Gasteiger partial charge in [0.2, 0.25) is 0 Å². The van der Waals surface area contributed by atoms with Gasteiger partial charge in [0.15, 0.2) is 0 Å². The van der Waals surface area contributed by atoms with Crippen molar-refractivity contribution >= 4 is 0 Å². The van der Waals surface area contributed by atoms with Crippen LogP contribution in [0, 0.1) is 5.92 Å².